The zero-order valence-electron chi connectivity index (χ0n) is 15.4. The van der Waals surface area contributed by atoms with Crippen molar-refractivity contribution >= 4 is 17.6 Å². The molecule has 0 aliphatic carbocycles. The molecule has 0 saturated heterocycles. The van der Waals surface area contributed by atoms with E-state index in [2.05, 4.69) is 20.8 Å². The molecule has 0 bridgehead atoms. The number of benzene rings is 2. The second-order valence-corrected chi connectivity index (χ2v) is 6.40. The molecule has 1 unspecified atom stereocenters. The summed E-state index contributed by atoms with van der Waals surface area (Å²) in [6.07, 6.45) is 0. The van der Waals surface area contributed by atoms with Crippen molar-refractivity contribution in [1.29, 1.82) is 0 Å². The third-order valence-electron chi connectivity index (χ3n) is 4.42. The molecular formula is C21H22N4O3. The topological polar surface area (TPSA) is 107 Å². The first-order valence-electron chi connectivity index (χ1n) is 8.96. The number of carbonyl (C=O) groups is 2. The van der Waals surface area contributed by atoms with Crippen molar-refractivity contribution in [2.75, 3.05) is 11.9 Å². The van der Waals surface area contributed by atoms with Gasteiger partial charge in [0.05, 0.1) is 18.2 Å². The number of hydrogen-bond donors (Lipinski definition) is 4. The predicted molar refractivity (Wildman–Crippen MR) is 107 cm³/mol. The minimum absolute atomic E-state index is 0.313. The van der Waals surface area contributed by atoms with E-state index < -0.39 is 24.5 Å². The molecule has 7 heteroatoms. The van der Waals surface area contributed by atoms with Gasteiger partial charge in [0.15, 0.2) is 5.82 Å². The van der Waals surface area contributed by atoms with Crippen molar-refractivity contribution in [2.45, 2.75) is 18.9 Å². The van der Waals surface area contributed by atoms with Crippen LogP contribution in [0.5, 0.6) is 0 Å². The Labute approximate surface area is 162 Å². The van der Waals surface area contributed by atoms with Gasteiger partial charge in [0.1, 0.15) is 6.04 Å². The number of carbonyl (C=O) groups excluding carboxylic acids is 2. The Morgan fingerprint density at radius 1 is 1.04 bits per heavy atom. The van der Waals surface area contributed by atoms with Gasteiger partial charge in [0.25, 0.3) is 5.91 Å². The van der Waals surface area contributed by atoms with Crippen LogP contribution in [0.4, 0.5) is 5.82 Å². The molecule has 0 spiro atoms. The van der Waals surface area contributed by atoms with Crippen LogP contribution >= 0.6 is 0 Å². The van der Waals surface area contributed by atoms with Crippen LogP contribution in [0.3, 0.4) is 0 Å². The summed E-state index contributed by atoms with van der Waals surface area (Å²) < 4.78 is 0. The second-order valence-electron chi connectivity index (χ2n) is 6.40. The zero-order chi connectivity index (χ0) is 19.9. The number of nitrogens with zero attached hydrogens (tertiary/aromatic N) is 1. The third-order valence-corrected chi connectivity index (χ3v) is 4.42. The van der Waals surface area contributed by atoms with E-state index in [0.29, 0.717) is 5.82 Å². The van der Waals surface area contributed by atoms with Gasteiger partial charge in [-0.2, -0.15) is 5.10 Å². The largest absolute Gasteiger partial charge is 0.394 e. The minimum atomic E-state index is -1.07. The summed E-state index contributed by atoms with van der Waals surface area (Å²) in [7, 11) is 0. The van der Waals surface area contributed by atoms with Gasteiger partial charge in [0, 0.05) is 6.07 Å². The van der Waals surface area contributed by atoms with Crippen LogP contribution in [0.15, 0.2) is 66.7 Å². The van der Waals surface area contributed by atoms with Crippen LogP contribution in [0.2, 0.25) is 0 Å². The molecule has 0 aliphatic heterocycles. The molecular weight excluding hydrogens is 356 g/mol. The van der Waals surface area contributed by atoms with Gasteiger partial charge in [0.2, 0.25) is 5.91 Å². The molecule has 1 heterocycles. The number of rotatable bonds is 7. The molecule has 7 nitrogen and oxygen atoms in total. The Kier molecular flexibility index (Phi) is 6.18. The van der Waals surface area contributed by atoms with Crippen LogP contribution in [-0.4, -0.2) is 39.8 Å². The summed E-state index contributed by atoms with van der Waals surface area (Å²) in [6, 6.07) is 19.4. The summed E-state index contributed by atoms with van der Waals surface area (Å²) in [5.74, 6) is -1.01. The lowest BCUT2D eigenvalue weighted by Gasteiger charge is -2.18. The van der Waals surface area contributed by atoms with Crippen molar-refractivity contribution in [2.24, 2.45) is 0 Å². The fraction of sp³-hybridized carbons (Fsp3) is 0.190. The van der Waals surface area contributed by atoms with Gasteiger partial charge in [-0.1, -0.05) is 60.7 Å². The van der Waals surface area contributed by atoms with Crippen LogP contribution < -0.4 is 10.6 Å². The average molecular weight is 378 g/mol. The lowest BCUT2D eigenvalue weighted by molar-refractivity contribution is -0.128. The van der Waals surface area contributed by atoms with Gasteiger partial charge >= 0.3 is 0 Å². The van der Waals surface area contributed by atoms with Crippen molar-refractivity contribution in [3.05, 3.63) is 72.3 Å². The number of nitrogens with one attached hydrogen (secondary N) is 3. The van der Waals surface area contributed by atoms with Gasteiger partial charge in [-0.15, -0.1) is 0 Å². The first-order valence-corrected chi connectivity index (χ1v) is 8.96. The Morgan fingerprint density at radius 3 is 2.32 bits per heavy atom. The maximum atomic E-state index is 12.4. The number of aliphatic hydroxyl groups is 1. The maximum Gasteiger partial charge on any atom is 0.250 e. The van der Waals surface area contributed by atoms with Gasteiger partial charge in [-0.25, -0.2) is 0 Å². The molecule has 1 aromatic heterocycles. The Hall–Kier alpha value is -3.45. The standard InChI is InChI=1S/C21H22N4O3/c1-14(15-8-4-2-5-9-15)20(27)22-18(13-26)21(28)23-19-12-17(24-25-19)16-10-6-3-7-11-16/h2-12,14,18,26H,13H2,1H3,(H,22,27)(H2,23,24,25,28)/t14?,18-/m0/s1. The van der Waals surface area contributed by atoms with Crippen LogP contribution in [0, 0.1) is 0 Å². The monoisotopic (exact) mass is 378 g/mol. The van der Waals surface area contributed by atoms with Crippen LogP contribution in [0.1, 0.15) is 18.4 Å². The van der Waals surface area contributed by atoms with Crippen molar-refractivity contribution in [1.82, 2.24) is 15.5 Å². The lowest BCUT2D eigenvalue weighted by Crippen LogP contribution is -2.47. The molecule has 0 saturated carbocycles. The fourth-order valence-electron chi connectivity index (χ4n) is 2.75. The number of aromatic nitrogens is 2. The number of hydrogen-bond acceptors (Lipinski definition) is 4. The Balaban J connectivity index is 1.62. The first kappa shape index (κ1) is 19.3. The van der Waals surface area contributed by atoms with Gasteiger partial charge < -0.3 is 15.7 Å². The molecule has 2 atom stereocenters. The van der Waals surface area contributed by atoms with Crippen molar-refractivity contribution in [3.8, 4) is 11.3 Å². The number of amides is 2. The van der Waals surface area contributed by atoms with E-state index in [4.69, 9.17) is 0 Å². The zero-order valence-corrected chi connectivity index (χ0v) is 15.4. The lowest BCUT2D eigenvalue weighted by atomic mass is 10.00. The van der Waals surface area contributed by atoms with Gasteiger partial charge in [-0.3, -0.25) is 14.7 Å². The highest BCUT2D eigenvalue weighted by Crippen LogP contribution is 2.19. The molecule has 144 valence electrons. The summed E-state index contributed by atoms with van der Waals surface area (Å²) in [6.45, 7) is 1.23. The smallest absolute Gasteiger partial charge is 0.250 e. The molecule has 0 radical (unpaired) electrons. The van der Waals surface area contributed by atoms with E-state index in [1.165, 1.54) is 0 Å². The summed E-state index contributed by atoms with van der Waals surface area (Å²) in [4.78, 5) is 24.9. The molecule has 0 fully saturated rings. The highest BCUT2D eigenvalue weighted by molar-refractivity contribution is 5.97. The summed E-state index contributed by atoms with van der Waals surface area (Å²) in [5, 5.41) is 21.7. The molecule has 2 aromatic carbocycles. The van der Waals surface area contributed by atoms with E-state index >= 15 is 0 Å². The van der Waals surface area contributed by atoms with E-state index in [1.807, 2.05) is 60.7 Å². The van der Waals surface area contributed by atoms with E-state index in [0.717, 1.165) is 16.8 Å². The third kappa shape index (κ3) is 4.63. The molecule has 3 aromatic rings. The quantitative estimate of drug-likeness (QED) is 0.506. The predicted octanol–water partition coefficient (Wildman–Crippen LogP) is 2.30. The molecule has 28 heavy (non-hydrogen) atoms. The minimum Gasteiger partial charge on any atom is -0.394 e. The molecule has 3 rings (SSSR count). The number of anilines is 1. The molecule has 4 N–H and O–H groups in total. The number of H-pyrrole nitrogens is 1. The fourth-order valence-corrected chi connectivity index (χ4v) is 2.75. The normalized spacial score (nSPS) is 12.8. The van der Waals surface area contributed by atoms with E-state index in [9.17, 15) is 14.7 Å². The van der Waals surface area contributed by atoms with Crippen molar-refractivity contribution in [3.63, 3.8) is 0 Å². The Bertz CT molecular complexity index is 925. The van der Waals surface area contributed by atoms with Crippen LogP contribution in [0.25, 0.3) is 11.3 Å². The summed E-state index contributed by atoms with van der Waals surface area (Å²) >= 11 is 0. The Morgan fingerprint density at radius 2 is 1.68 bits per heavy atom. The van der Waals surface area contributed by atoms with Gasteiger partial charge in [-0.05, 0) is 18.1 Å². The summed E-state index contributed by atoms with van der Waals surface area (Å²) in [5.41, 5.74) is 2.51. The highest BCUT2D eigenvalue weighted by atomic mass is 16.3. The molecule has 0 aliphatic rings. The van der Waals surface area contributed by atoms with Crippen molar-refractivity contribution < 1.29 is 14.7 Å². The van der Waals surface area contributed by atoms with E-state index in [-0.39, 0.29) is 5.91 Å². The second kappa shape index (κ2) is 8.96. The highest BCUT2D eigenvalue weighted by Gasteiger charge is 2.24. The average Bonchev–Trinajstić information content (AvgIpc) is 3.21. The number of aliphatic hydroxyl groups excluding tert-OH is 1. The SMILES string of the molecule is CC(C(=O)N[C@@H](CO)C(=O)Nc1cc(-c2ccccc2)[nH]n1)c1ccccc1. The first-order chi connectivity index (χ1) is 13.6. The number of aromatic amines is 1. The van der Waals surface area contributed by atoms with Crippen LogP contribution in [-0.2, 0) is 9.59 Å². The molecule has 2 amide bonds. The maximum absolute atomic E-state index is 12.4. The van der Waals surface area contributed by atoms with E-state index in [1.54, 1.807) is 13.0 Å².